The van der Waals surface area contributed by atoms with E-state index < -0.39 is 17.2 Å². The Bertz CT molecular complexity index is 543. The minimum absolute atomic E-state index is 0.216. The van der Waals surface area contributed by atoms with Crippen molar-refractivity contribution >= 4 is 11.6 Å². The fourth-order valence-electron chi connectivity index (χ4n) is 1.41. The highest BCUT2D eigenvalue weighted by Gasteiger charge is 2.33. The van der Waals surface area contributed by atoms with Crippen molar-refractivity contribution in [3.05, 3.63) is 52.8 Å². The smallest absolute Gasteiger partial charge is 0.265 e. The van der Waals surface area contributed by atoms with E-state index in [1.54, 1.807) is 24.5 Å². The summed E-state index contributed by atoms with van der Waals surface area (Å²) in [6.45, 7) is 0. The van der Waals surface area contributed by atoms with Crippen molar-refractivity contribution in [1.82, 2.24) is 15.0 Å². The molecule has 0 saturated heterocycles. The van der Waals surface area contributed by atoms with E-state index in [0.29, 0.717) is 0 Å². The average molecular weight is 274 g/mol. The first-order valence-corrected chi connectivity index (χ1v) is 5.32. The lowest BCUT2D eigenvalue weighted by Crippen LogP contribution is -2.10. The Morgan fingerprint density at radius 3 is 2.39 bits per heavy atom. The molecule has 0 spiro atoms. The Labute approximate surface area is 106 Å². The van der Waals surface area contributed by atoms with Gasteiger partial charge in [0.25, 0.3) is 0 Å². The number of rotatable bonds is 2. The topological polar surface area (TPSA) is 38.7 Å². The van der Waals surface area contributed by atoms with Gasteiger partial charge in [0.2, 0.25) is 5.28 Å². The maximum Gasteiger partial charge on any atom is 0.433 e. The van der Waals surface area contributed by atoms with Crippen LogP contribution in [0.5, 0.6) is 0 Å². The van der Waals surface area contributed by atoms with E-state index >= 15 is 0 Å². The van der Waals surface area contributed by atoms with Gasteiger partial charge in [-0.2, -0.15) is 13.2 Å². The maximum absolute atomic E-state index is 12.5. The summed E-state index contributed by atoms with van der Waals surface area (Å²) in [6, 6.07) is 4.29. The molecule has 0 unspecified atom stereocenters. The number of aromatic nitrogens is 3. The fraction of sp³-hybridized carbons (Fsp3) is 0.182. The van der Waals surface area contributed by atoms with Crippen LogP contribution in [0.15, 0.2) is 30.6 Å². The molecular formula is C11H7ClF3N3. The van der Waals surface area contributed by atoms with E-state index in [9.17, 15) is 13.2 Å². The molecule has 2 aromatic rings. The zero-order valence-electron chi connectivity index (χ0n) is 8.95. The van der Waals surface area contributed by atoms with E-state index in [-0.39, 0.29) is 12.1 Å². The highest BCUT2D eigenvalue weighted by molar-refractivity contribution is 6.28. The van der Waals surface area contributed by atoms with Crippen LogP contribution in [0.2, 0.25) is 5.28 Å². The van der Waals surface area contributed by atoms with Crippen molar-refractivity contribution in [2.24, 2.45) is 0 Å². The van der Waals surface area contributed by atoms with Crippen LogP contribution < -0.4 is 0 Å². The molecule has 3 nitrogen and oxygen atoms in total. The Kier molecular flexibility index (Phi) is 3.47. The molecule has 0 atom stereocenters. The highest BCUT2D eigenvalue weighted by atomic mass is 35.5. The van der Waals surface area contributed by atoms with Crippen LogP contribution in [0.25, 0.3) is 0 Å². The molecular weight excluding hydrogens is 267 g/mol. The third-order valence-electron chi connectivity index (χ3n) is 2.18. The quantitative estimate of drug-likeness (QED) is 0.789. The summed E-state index contributed by atoms with van der Waals surface area (Å²) in [7, 11) is 0. The van der Waals surface area contributed by atoms with Crippen molar-refractivity contribution in [2.45, 2.75) is 12.6 Å². The Morgan fingerprint density at radius 1 is 1.11 bits per heavy atom. The molecule has 0 aromatic carbocycles. The number of halogens is 4. The van der Waals surface area contributed by atoms with Crippen LogP contribution in [0, 0.1) is 0 Å². The highest BCUT2D eigenvalue weighted by Crippen LogP contribution is 2.28. The van der Waals surface area contributed by atoms with Crippen molar-refractivity contribution in [2.75, 3.05) is 0 Å². The summed E-state index contributed by atoms with van der Waals surface area (Å²) in [6.07, 6.45) is -1.17. The Balaban J connectivity index is 2.32. The third-order valence-corrected chi connectivity index (χ3v) is 2.35. The molecule has 0 aliphatic heterocycles. The lowest BCUT2D eigenvalue weighted by atomic mass is 10.1. The second-order valence-electron chi connectivity index (χ2n) is 3.54. The van der Waals surface area contributed by atoms with Gasteiger partial charge in [0.1, 0.15) is 5.69 Å². The number of alkyl halides is 3. The van der Waals surface area contributed by atoms with Crippen LogP contribution in [0.3, 0.4) is 0 Å². The first-order valence-electron chi connectivity index (χ1n) is 4.95. The molecule has 0 saturated carbocycles. The molecule has 94 valence electrons. The molecule has 0 N–H and O–H groups in total. The minimum atomic E-state index is -4.53. The first kappa shape index (κ1) is 12.8. The van der Waals surface area contributed by atoms with Crippen LogP contribution in [0.4, 0.5) is 13.2 Å². The van der Waals surface area contributed by atoms with Gasteiger partial charge in [-0.1, -0.05) is 0 Å². The fourth-order valence-corrected chi connectivity index (χ4v) is 1.61. The van der Waals surface area contributed by atoms with Crippen molar-refractivity contribution < 1.29 is 13.2 Å². The molecule has 0 bridgehead atoms. The van der Waals surface area contributed by atoms with Crippen LogP contribution in [-0.2, 0) is 12.6 Å². The number of nitrogens with zero attached hydrogens (tertiary/aromatic N) is 3. The summed E-state index contributed by atoms with van der Waals surface area (Å²) in [4.78, 5) is 10.8. The van der Waals surface area contributed by atoms with Gasteiger partial charge in [-0.15, -0.1) is 0 Å². The number of hydrogen-bond acceptors (Lipinski definition) is 3. The molecule has 0 amide bonds. The Hall–Kier alpha value is -1.69. The van der Waals surface area contributed by atoms with Gasteiger partial charge in [-0.3, -0.25) is 4.98 Å². The van der Waals surface area contributed by atoms with Crippen LogP contribution in [-0.4, -0.2) is 15.0 Å². The molecule has 0 aliphatic carbocycles. The standard InChI is InChI=1S/C11H7ClF3N3/c12-10-17-8(5-7-1-3-16-4-2-7)6-9(18-10)11(13,14)15/h1-4,6H,5H2. The predicted octanol–water partition coefficient (Wildman–Crippen LogP) is 3.13. The van der Waals surface area contributed by atoms with E-state index in [0.717, 1.165) is 11.6 Å². The zero-order chi connectivity index (χ0) is 13.2. The molecule has 7 heteroatoms. The molecule has 2 heterocycles. The second-order valence-corrected chi connectivity index (χ2v) is 3.88. The lowest BCUT2D eigenvalue weighted by Gasteiger charge is -2.08. The molecule has 18 heavy (non-hydrogen) atoms. The Morgan fingerprint density at radius 2 is 1.78 bits per heavy atom. The lowest BCUT2D eigenvalue weighted by molar-refractivity contribution is -0.141. The van der Waals surface area contributed by atoms with Gasteiger partial charge in [0.15, 0.2) is 0 Å². The van der Waals surface area contributed by atoms with Gasteiger partial charge < -0.3 is 0 Å². The maximum atomic E-state index is 12.5. The van der Waals surface area contributed by atoms with E-state index in [4.69, 9.17) is 11.6 Å². The van der Waals surface area contributed by atoms with Crippen molar-refractivity contribution in [1.29, 1.82) is 0 Å². The summed E-state index contributed by atoms with van der Waals surface area (Å²) >= 11 is 5.49. The van der Waals surface area contributed by atoms with E-state index in [1.165, 1.54) is 0 Å². The second kappa shape index (κ2) is 4.89. The molecule has 2 aromatic heterocycles. The largest absolute Gasteiger partial charge is 0.433 e. The summed E-state index contributed by atoms with van der Waals surface area (Å²) in [5, 5.41) is -0.408. The monoisotopic (exact) mass is 273 g/mol. The summed E-state index contributed by atoms with van der Waals surface area (Å²) in [5.41, 5.74) is -0.0204. The third kappa shape index (κ3) is 3.16. The molecule has 0 aliphatic rings. The first-order chi connectivity index (χ1) is 8.45. The minimum Gasteiger partial charge on any atom is -0.265 e. The number of pyridine rings is 1. The predicted molar refractivity (Wildman–Crippen MR) is 59.1 cm³/mol. The van der Waals surface area contributed by atoms with Crippen molar-refractivity contribution in [3.8, 4) is 0 Å². The van der Waals surface area contributed by atoms with Crippen LogP contribution >= 0.6 is 11.6 Å². The van der Waals surface area contributed by atoms with Gasteiger partial charge in [-0.25, -0.2) is 9.97 Å². The SMILES string of the molecule is FC(F)(F)c1cc(Cc2ccncc2)nc(Cl)n1. The van der Waals surface area contributed by atoms with Gasteiger partial charge in [0, 0.05) is 18.8 Å². The molecule has 0 radical (unpaired) electrons. The normalized spacial score (nSPS) is 11.6. The molecule has 2 rings (SSSR count). The van der Waals surface area contributed by atoms with Crippen LogP contribution in [0.1, 0.15) is 17.0 Å². The van der Waals surface area contributed by atoms with Crippen molar-refractivity contribution in [3.63, 3.8) is 0 Å². The van der Waals surface area contributed by atoms with E-state index in [2.05, 4.69) is 15.0 Å². The molecule has 0 fully saturated rings. The summed E-state index contributed by atoms with van der Waals surface area (Å²) in [5.74, 6) is 0. The van der Waals surface area contributed by atoms with Gasteiger partial charge in [-0.05, 0) is 35.4 Å². The van der Waals surface area contributed by atoms with Gasteiger partial charge >= 0.3 is 6.18 Å². The number of hydrogen-bond donors (Lipinski definition) is 0. The van der Waals surface area contributed by atoms with E-state index in [1.807, 2.05) is 0 Å². The van der Waals surface area contributed by atoms with Gasteiger partial charge in [0.05, 0.1) is 5.69 Å². The zero-order valence-corrected chi connectivity index (χ0v) is 9.70. The average Bonchev–Trinajstić information content (AvgIpc) is 2.28. The summed E-state index contributed by atoms with van der Waals surface area (Å²) < 4.78 is 37.6.